The predicted octanol–water partition coefficient (Wildman–Crippen LogP) is 5.91. The van der Waals surface area contributed by atoms with Gasteiger partial charge in [-0.15, -0.1) is 0 Å². The number of amides is 4. The van der Waals surface area contributed by atoms with E-state index < -0.39 is 67.7 Å². The fourth-order valence-corrected chi connectivity index (χ4v) is 12.4. The first kappa shape index (κ1) is 40.2. The van der Waals surface area contributed by atoms with E-state index in [1.165, 1.54) is 4.90 Å². The van der Waals surface area contributed by atoms with Crippen molar-refractivity contribution >= 4 is 44.7 Å². The number of hydrogen-bond donors (Lipinski definition) is 3. The topological polar surface area (TPSA) is 173 Å². The highest BCUT2D eigenvalue weighted by Gasteiger charge is 2.60. The molecule has 4 aliphatic carbocycles. The quantitative estimate of drug-likeness (QED) is 0.310. The first-order valence-corrected chi connectivity index (χ1v) is 23.6. The molecule has 1 aromatic carbocycles. The maximum Gasteiger partial charge on any atom is 0.408 e. The van der Waals surface area contributed by atoms with Gasteiger partial charge < -0.3 is 25.0 Å². The van der Waals surface area contributed by atoms with Crippen LogP contribution in [0.2, 0.25) is 0 Å². The zero-order valence-corrected chi connectivity index (χ0v) is 35.4. The zero-order chi connectivity index (χ0) is 41.3. The van der Waals surface area contributed by atoms with Gasteiger partial charge in [-0.05, 0) is 121 Å². The van der Waals surface area contributed by atoms with E-state index in [1.807, 2.05) is 43.3 Å². The molecule has 1 spiro atoms. The molecule has 3 unspecified atom stereocenters. The zero-order valence-electron chi connectivity index (χ0n) is 34.6. The van der Waals surface area contributed by atoms with E-state index >= 15 is 4.79 Å². The molecule has 59 heavy (non-hydrogen) atoms. The van der Waals surface area contributed by atoms with Crippen molar-refractivity contribution in [3.8, 4) is 5.75 Å². The van der Waals surface area contributed by atoms with Crippen LogP contribution in [0.25, 0.3) is 10.9 Å². The number of carbonyl (C=O) groups is 4. The number of alkyl carbamates (subject to hydrolysis) is 1. The summed E-state index contributed by atoms with van der Waals surface area (Å²) < 4.78 is 41.1. The van der Waals surface area contributed by atoms with Gasteiger partial charge in [0.05, 0.1) is 22.5 Å². The number of carbonyl (C=O) groups excluding carboxylic acids is 4. The van der Waals surface area contributed by atoms with Gasteiger partial charge in [0.25, 0.3) is 5.91 Å². The number of benzene rings is 1. The third-order valence-corrected chi connectivity index (χ3v) is 17.6. The Morgan fingerprint density at radius 3 is 2.53 bits per heavy atom. The summed E-state index contributed by atoms with van der Waals surface area (Å²) in [5.74, 6) is 0.0346. The molecule has 3 aliphatic heterocycles. The molecule has 5 fully saturated rings. The molecule has 4 heterocycles. The van der Waals surface area contributed by atoms with Gasteiger partial charge in [0.15, 0.2) is 0 Å². The summed E-state index contributed by atoms with van der Waals surface area (Å²) in [6.07, 6.45) is 13.6. The number of fused-ring (bicyclic) bond motifs is 6. The number of aryl methyl sites for hydroxylation is 2. The number of hydrogen-bond acceptors (Lipinski definition) is 9. The van der Waals surface area contributed by atoms with E-state index in [2.05, 4.69) is 22.3 Å². The lowest BCUT2D eigenvalue weighted by Crippen LogP contribution is -2.70. The van der Waals surface area contributed by atoms with E-state index in [0.29, 0.717) is 68.4 Å². The Bertz CT molecular complexity index is 2190. The minimum Gasteiger partial charge on any atom is -0.483 e. The summed E-state index contributed by atoms with van der Waals surface area (Å²) in [4.78, 5) is 64.3. The van der Waals surface area contributed by atoms with Gasteiger partial charge in [-0.1, -0.05) is 50.1 Å². The summed E-state index contributed by atoms with van der Waals surface area (Å²) in [7, 11) is -4.00. The van der Waals surface area contributed by atoms with Crippen LogP contribution in [-0.2, 0) is 35.6 Å². The monoisotopic (exact) mass is 829 g/mol. The molecule has 2 aromatic rings. The number of nitrogens with zero attached hydrogens (tertiary/aromatic N) is 2. The Labute approximate surface area is 347 Å². The first-order valence-electron chi connectivity index (χ1n) is 22.1. The van der Waals surface area contributed by atoms with Gasteiger partial charge in [0.1, 0.15) is 35.1 Å². The van der Waals surface area contributed by atoms with Crippen LogP contribution in [0, 0.1) is 30.6 Å². The molecule has 13 nitrogen and oxygen atoms in total. The summed E-state index contributed by atoms with van der Waals surface area (Å²) in [5.41, 5.74) is 0.160. The van der Waals surface area contributed by atoms with Gasteiger partial charge >= 0.3 is 6.09 Å². The lowest BCUT2D eigenvalue weighted by Gasteiger charge is -2.48. The highest BCUT2D eigenvalue weighted by atomic mass is 32.2. The van der Waals surface area contributed by atoms with Crippen molar-refractivity contribution in [3.63, 3.8) is 0 Å². The molecular weight excluding hydrogens is 771 g/mol. The largest absolute Gasteiger partial charge is 0.483 e. The minimum absolute atomic E-state index is 0.0857. The second-order valence-corrected chi connectivity index (χ2v) is 21.3. The van der Waals surface area contributed by atoms with Crippen molar-refractivity contribution in [1.82, 2.24) is 25.2 Å². The molecule has 1 aromatic heterocycles. The number of pyridine rings is 1. The first-order chi connectivity index (χ1) is 28.2. The smallest absolute Gasteiger partial charge is 0.408 e. The van der Waals surface area contributed by atoms with E-state index in [-0.39, 0.29) is 25.5 Å². The highest BCUT2D eigenvalue weighted by molar-refractivity contribution is 7.91. The second-order valence-electron chi connectivity index (χ2n) is 19.2. The Balaban J connectivity index is 1.03. The molecule has 4 saturated carbocycles. The summed E-state index contributed by atoms with van der Waals surface area (Å²) in [5, 5.41) is 7.01. The van der Waals surface area contributed by atoms with Crippen molar-refractivity contribution in [1.29, 1.82) is 0 Å². The fraction of sp³-hybridized carbons (Fsp3) is 0.667. The molecule has 0 radical (unpaired) electrons. The molecule has 0 bridgehead atoms. The Morgan fingerprint density at radius 2 is 1.78 bits per heavy atom. The van der Waals surface area contributed by atoms with Crippen LogP contribution >= 0.6 is 0 Å². The molecule has 14 heteroatoms. The van der Waals surface area contributed by atoms with Crippen LogP contribution in [0.5, 0.6) is 5.75 Å². The molecule has 3 N–H and O–H groups in total. The molecule has 318 valence electrons. The number of rotatable bonds is 5. The number of para-hydroxylation sites is 1. The summed E-state index contributed by atoms with van der Waals surface area (Å²) >= 11 is 0. The van der Waals surface area contributed by atoms with Gasteiger partial charge in [0, 0.05) is 23.3 Å². The maximum atomic E-state index is 15.0. The third kappa shape index (κ3) is 7.18. The van der Waals surface area contributed by atoms with Crippen LogP contribution in [0.3, 0.4) is 0 Å². The Morgan fingerprint density at radius 1 is 0.983 bits per heavy atom. The van der Waals surface area contributed by atoms with E-state index in [9.17, 15) is 22.8 Å². The Kier molecular flexibility index (Phi) is 10.3. The van der Waals surface area contributed by atoms with Gasteiger partial charge in [-0.2, -0.15) is 0 Å². The van der Waals surface area contributed by atoms with Crippen molar-refractivity contribution in [2.45, 2.75) is 158 Å². The third-order valence-electron chi connectivity index (χ3n) is 15.4. The molecule has 7 aliphatic rings. The molecular formula is C45H59N5O8S. The SMILES string of the molecule is Cc1nc2ccccc2c2c1O[C@]1(CC2)C[C@H]2C(=O)N[C@]3(C(=O)NS(=O)(=O)C4(C)CC4)CC[C@H]3/C=C\CCCCC[C@H](NC(=O)O[C@@H]3CCC(C)C4CCC43)C(=O)N2C1. The fourth-order valence-electron chi connectivity index (χ4n) is 11.0. The predicted molar refractivity (Wildman–Crippen MR) is 221 cm³/mol. The number of aromatic nitrogens is 1. The van der Waals surface area contributed by atoms with Crippen LogP contribution in [0.1, 0.15) is 121 Å². The number of ether oxygens (including phenoxy) is 2. The minimum atomic E-state index is -4.00. The summed E-state index contributed by atoms with van der Waals surface area (Å²) in [6, 6.07) is 5.92. The van der Waals surface area contributed by atoms with E-state index in [0.717, 1.165) is 67.1 Å². The molecule has 1 saturated heterocycles. The van der Waals surface area contributed by atoms with Crippen molar-refractivity contribution in [3.05, 3.63) is 47.7 Å². The van der Waals surface area contributed by atoms with Crippen LogP contribution in [-0.4, -0.2) is 82.7 Å². The Hall–Kier alpha value is -4.20. The average Bonchev–Trinajstić information content (AvgIpc) is 3.84. The van der Waals surface area contributed by atoms with Gasteiger partial charge in [-0.25, -0.2) is 18.2 Å². The number of nitrogens with one attached hydrogen (secondary N) is 3. The van der Waals surface area contributed by atoms with E-state index in [1.54, 1.807) is 6.92 Å². The van der Waals surface area contributed by atoms with Gasteiger partial charge in [-0.3, -0.25) is 19.1 Å². The second kappa shape index (κ2) is 15.1. The normalized spacial score (nSPS) is 35.7. The molecule has 9 rings (SSSR count). The lowest BCUT2D eigenvalue weighted by atomic mass is 9.60. The van der Waals surface area contributed by atoms with Crippen LogP contribution < -0.4 is 20.1 Å². The van der Waals surface area contributed by atoms with Gasteiger partial charge in [0.2, 0.25) is 21.8 Å². The average molecular weight is 830 g/mol. The maximum absolute atomic E-state index is 15.0. The summed E-state index contributed by atoms with van der Waals surface area (Å²) in [6.45, 7) is 5.89. The van der Waals surface area contributed by atoms with Crippen molar-refractivity contribution in [2.24, 2.45) is 23.7 Å². The van der Waals surface area contributed by atoms with Crippen molar-refractivity contribution < 1.29 is 37.1 Å². The standard InChI is InChI=1S/C45H59N5O8S/c1-27-15-18-37(32-17-16-30(27)32)57-42(54)47-35-14-8-6-4-5-7-11-29-19-22-45(29,41(53)49-59(55,56)43(3)23-24-43)48-39(51)36-25-44(26-50(36)40(35)52)21-20-33-31-12-9-10-13-34(31)46-28(2)38(33)58-44/h7,9-13,27,29-30,32,35-37H,4-6,8,14-26H2,1-3H3,(H,47,54)(H,48,51)(H,49,53)/b11-7-/t27?,29-,30?,32?,35+,36+,37-,44-,45-/m1/s1. The molecule has 9 atom stereocenters. The van der Waals surface area contributed by atoms with E-state index in [4.69, 9.17) is 14.5 Å². The molecule has 4 amide bonds. The van der Waals surface area contributed by atoms with Crippen LogP contribution in [0.4, 0.5) is 4.79 Å². The number of sulfonamides is 1. The van der Waals surface area contributed by atoms with Crippen LogP contribution in [0.15, 0.2) is 36.4 Å². The number of allylic oxidation sites excluding steroid dienone is 1. The highest BCUT2D eigenvalue weighted by Crippen LogP contribution is 2.50. The lowest BCUT2D eigenvalue weighted by molar-refractivity contribution is -0.144. The van der Waals surface area contributed by atoms with Crippen molar-refractivity contribution in [2.75, 3.05) is 6.54 Å².